The second-order valence-corrected chi connectivity index (χ2v) is 4.45. The van der Waals surface area contributed by atoms with Crippen molar-refractivity contribution >= 4 is 5.91 Å². The van der Waals surface area contributed by atoms with E-state index < -0.39 is 0 Å². The van der Waals surface area contributed by atoms with Crippen LogP contribution in [-0.4, -0.2) is 24.5 Å². The predicted octanol–water partition coefficient (Wildman–Crippen LogP) is 2.90. The van der Waals surface area contributed by atoms with Crippen LogP contribution >= 0.6 is 0 Å². The van der Waals surface area contributed by atoms with Crippen LogP contribution in [-0.2, 0) is 0 Å². The fourth-order valence-corrected chi connectivity index (χ4v) is 1.87. The molecule has 0 saturated heterocycles. The number of ether oxygens (including phenoxy) is 1. The molecule has 104 valence electrons. The molecule has 0 bridgehead atoms. The minimum atomic E-state index is -0.0934. The third kappa shape index (κ3) is 3.35. The minimum Gasteiger partial charge on any atom is -0.497 e. The zero-order valence-electron chi connectivity index (χ0n) is 11.7. The van der Waals surface area contributed by atoms with Crippen molar-refractivity contribution < 1.29 is 9.53 Å². The summed E-state index contributed by atoms with van der Waals surface area (Å²) in [6, 6.07) is 9.53. The Balaban J connectivity index is 2.26. The lowest BCUT2D eigenvalue weighted by atomic mass is 10.1. The molecule has 1 N–H and O–H groups in total. The molecule has 0 aliphatic heterocycles. The summed E-state index contributed by atoms with van der Waals surface area (Å²) < 4.78 is 5.21. The number of rotatable bonds is 5. The average Bonchev–Trinajstić information content (AvgIpc) is 2.52. The van der Waals surface area contributed by atoms with Crippen molar-refractivity contribution in [1.82, 2.24) is 10.3 Å². The lowest BCUT2D eigenvalue weighted by Crippen LogP contribution is -2.24. The summed E-state index contributed by atoms with van der Waals surface area (Å²) in [6.45, 7) is 2.69. The van der Waals surface area contributed by atoms with Gasteiger partial charge < -0.3 is 10.1 Å². The molecular weight excluding hydrogens is 252 g/mol. The van der Waals surface area contributed by atoms with Crippen molar-refractivity contribution in [2.75, 3.05) is 13.7 Å². The molecule has 0 saturated carbocycles. The average molecular weight is 270 g/mol. The molecule has 0 spiro atoms. The molecule has 4 heteroatoms. The van der Waals surface area contributed by atoms with E-state index in [9.17, 15) is 4.79 Å². The summed E-state index contributed by atoms with van der Waals surface area (Å²) in [5.74, 6) is 0.687. The molecule has 0 aliphatic carbocycles. The molecule has 1 aromatic heterocycles. The van der Waals surface area contributed by atoms with Gasteiger partial charge in [0.15, 0.2) is 0 Å². The molecule has 1 aromatic carbocycles. The van der Waals surface area contributed by atoms with Gasteiger partial charge in [0.1, 0.15) is 5.75 Å². The highest BCUT2D eigenvalue weighted by molar-refractivity contribution is 5.95. The molecular formula is C16H18N2O2. The Morgan fingerprint density at radius 2 is 2.10 bits per heavy atom. The van der Waals surface area contributed by atoms with Gasteiger partial charge in [0.25, 0.3) is 5.91 Å². The first-order valence-corrected chi connectivity index (χ1v) is 6.62. The largest absolute Gasteiger partial charge is 0.497 e. The van der Waals surface area contributed by atoms with Crippen molar-refractivity contribution in [3.8, 4) is 16.9 Å². The second-order valence-electron chi connectivity index (χ2n) is 4.45. The van der Waals surface area contributed by atoms with Crippen molar-refractivity contribution in [2.45, 2.75) is 13.3 Å². The summed E-state index contributed by atoms with van der Waals surface area (Å²) >= 11 is 0. The molecule has 0 atom stereocenters. The molecule has 0 unspecified atom stereocenters. The van der Waals surface area contributed by atoms with E-state index in [-0.39, 0.29) is 5.91 Å². The number of benzene rings is 1. The SMILES string of the molecule is CCCNC(=O)c1cncc(-c2cccc(OC)c2)c1. The number of methoxy groups -OCH3 is 1. The number of hydrogen-bond acceptors (Lipinski definition) is 3. The monoisotopic (exact) mass is 270 g/mol. The van der Waals surface area contributed by atoms with Crippen LogP contribution in [0.25, 0.3) is 11.1 Å². The number of carbonyl (C=O) groups is 1. The molecule has 0 aliphatic rings. The van der Waals surface area contributed by atoms with E-state index in [1.807, 2.05) is 37.3 Å². The topological polar surface area (TPSA) is 51.2 Å². The van der Waals surface area contributed by atoms with E-state index >= 15 is 0 Å². The maximum atomic E-state index is 11.9. The van der Waals surface area contributed by atoms with Crippen LogP contribution in [0.15, 0.2) is 42.7 Å². The van der Waals surface area contributed by atoms with Crippen molar-refractivity contribution in [3.63, 3.8) is 0 Å². The molecule has 2 rings (SSSR count). The Bertz CT molecular complexity index is 597. The van der Waals surface area contributed by atoms with Gasteiger partial charge in [0.05, 0.1) is 12.7 Å². The molecule has 4 nitrogen and oxygen atoms in total. The quantitative estimate of drug-likeness (QED) is 0.909. The van der Waals surface area contributed by atoms with Crippen LogP contribution in [0.4, 0.5) is 0 Å². The minimum absolute atomic E-state index is 0.0934. The number of carbonyl (C=O) groups excluding carboxylic acids is 1. The first-order chi connectivity index (χ1) is 9.74. The van der Waals surface area contributed by atoms with Gasteiger partial charge in [-0.3, -0.25) is 9.78 Å². The molecule has 1 amide bonds. The molecule has 2 aromatic rings. The number of hydrogen-bond donors (Lipinski definition) is 1. The van der Waals surface area contributed by atoms with Gasteiger partial charge in [-0.2, -0.15) is 0 Å². The predicted molar refractivity (Wildman–Crippen MR) is 78.8 cm³/mol. The Kier molecular flexibility index (Phi) is 4.71. The number of aromatic nitrogens is 1. The van der Waals surface area contributed by atoms with Crippen LogP contribution in [0.3, 0.4) is 0 Å². The number of amides is 1. The van der Waals surface area contributed by atoms with E-state index in [1.54, 1.807) is 19.5 Å². The maximum Gasteiger partial charge on any atom is 0.252 e. The fourth-order valence-electron chi connectivity index (χ4n) is 1.87. The van der Waals surface area contributed by atoms with Gasteiger partial charge in [-0.25, -0.2) is 0 Å². The molecule has 20 heavy (non-hydrogen) atoms. The Labute approximate surface area is 118 Å². The first-order valence-electron chi connectivity index (χ1n) is 6.62. The van der Waals surface area contributed by atoms with Crippen LogP contribution in [0.5, 0.6) is 5.75 Å². The number of pyridine rings is 1. The maximum absolute atomic E-state index is 11.9. The number of nitrogens with one attached hydrogen (secondary N) is 1. The van der Waals surface area contributed by atoms with Crippen molar-refractivity contribution in [3.05, 3.63) is 48.3 Å². The van der Waals surface area contributed by atoms with Gasteiger partial charge in [-0.15, -0.1) is 0 Å². The second kappa shape index (κ2) is 6.70. The summed E-state index contributed by atoms with van der Waals surface area (Å²) in [5.41, 5.74) is 2.44. The smallest absolute Gasteiger partial charge is 0.252 e. The molecule has 0 fully saturated rings. The zero-order valence-corrected chi connectivity index (χ0v) is 11.7. The highest BCUT2D eigenvalue weighted by atomic mass is 16.5. The molecule has 1 heterocycles. The summed E-state index contributed by atoms with van der Waals surface area (Å²) in [6.07, 6.45) is 4.23. The lowest BCUT2D eigenvalue weighted by molar-refractivity contribution is 0.0953. The van der Waals surface area contributed by atoms with Gasteiger partial charge in [-0.1, -0.05) is 19.1 Å². The van der Waals surface area contributed by atoms with Crippen molar-refractivity contribution in [2.24, 2.45) is 0 Å². The van der Waals surface area contributed by atoms with E-state index in [1.165, 1.54) is 0 Å². The van der Waals surface area contributed by atoms with E-state index in [2.05, 4.69) is 10.3 Å². The lowest BCUT2D eigenvalue weighted by Gasteiger charge is -2.07. The van der Waals surface area contributed by atoms with E-state index in [0.717, 1.165) is 23.3 Å². The third-order valence-electron chi connectivity index (χ3n) is 2.94. The van der Waals surface area contributed by atoms with E-state index in [0.29, 0.717) is 12.1 Å². The van der Waals surface area contributed by atoms with Gasteiger partial charge in [-0.05, 0) is 30.2 Å². The number of nitrogens with zero attached hydrogens (tertiary/aromatic N) is 1. The Morgan fingerprint density at radius 1 is 1.25 bits per heavy atom. The van der Waals surface area contributed by atoms with Gasteiger partial charge in [0.2, 0.25) is 0 Å². The van der Waals surface area contributed by atoms with Crippen LogP contribution in [0, 0.1) is 0 Å². The third-order valence-corrected chi connectivity index (χ3v) is 2.94. The zero-order chi connectivity index (χ0) is 14.4. The van der Waals surface area contributed by atoms with Crippen LogP contribution in [0.1, 0.15) is 23.7 Å². The Hall–Kier alpha value is -2.36. The normalized spacial score (nSPS) is 10.1. The van der Waals surface area contributed by atoms with Crippen LogP contribution in [0.2, 0.25) is 0 Å². The summed E-state index contributed by atoms with van der Waals surface area (Å²) in [4.78, 5) is 16.1. The van der Waals surface area contributed by atoms with E-state index in [4.69, 9.17) is 4.74 Å². The highest BCUT2D eigenvalue weighted by Crippen LogP contribution is 2.23. The molecule has 0 radical (unpaired) electrons. The summed E-state index contributed by atoms with van der Waals surface area (Å²) in [7, 11) is 1.63. The highest BCUT2D eigenvalue weighted by Gasteiger charge is 2.07. The van der Waals surface area contributed by atoms with Crippen LogP contribution < -0.4 is 10.1 Å². The first kappa shape index (κ1) is 14.1. The summed E-state index contributed by atoms with van der Waals surface area (Å²) in [5, 5.41) is 2.85. The fraction of sp³-hybridized carbons (Fsp3) is 0.250. The van der Waals surface area contributed by atoms with Gasteiger partial charge >= 0.3 is 0 Å². The van der Waals surface area contributed by atoms with Crippen molar-refractivity contribution in [1.29, 1.82) is 0 Å². The standard InChI is InChI=1S/C16H18N2O2/c1-3-7-18-16(19)14-8-13(10-17-11-14)12-5-4-6-15(9-12)20-2/h4-6,8-11H,3,7H2,1-2H3,(H,18,19). The Morgan fingerprint density at radius 3 is 2.85 bits per heavy atom. The van der Waals surface area contributed by atoms with Gasteiger partial charge in [0, 0.05) is 24.5 Å².